The molecule has 12 heavy (non-hydrogen) atoms. The van der Waals surface area contributed by atoms with Crippen molar-refractivity contribution in [2.24, 2.45) is 5.41 Å². The van der Waals surface area contributed by atoms with Crippen LogP contribution in [0.4, 0.5) is 0 Å². The molecule has 1 spiro atoms. The summed E-state index contributed by atoms with van der Waals surface area (Å²) in [5.41, 5.74) is 0.729. The molecule has 0 aliphatic heterocycles. The third-order valence-electron chi connectivity index (χ3n) is 4.10. The molecule has 0 aromatic rings. The Balaban J connectivity index is 2.07. The van der Waals surface area contributed by atoms with Gasteiger partial charge in [0.15, 0.2) is 0 Å². The number of nitrogens with one attached hydrogen (secondary N) is 1. The van der Waals surface area contributed by atoms with Crippen molar-refractivity contribution in [3.05, 3.63) is 0 Å². The molecular weight excluding hydrogens is 146 g/mol. The highest BCUT2D eigenvalue weighted by atomic mass is 14.9. The van der Waals surface area contributed by atoms with Gasteiger partial charge in [-0.15, -0.1) is 0 Å². The van der Waals surface area contributed by atoms with Crippen molar-refractivity contribution in [2.45, 2.75) is 57.4 Å². The SMILES string of the molecule is CNC1CCCCC12CCCC2. The van der Waals surface area contributed by atoms with Gasteiger partial charge in [0.2, 0.25) is 0 Å². The van der Waals surface area contributed by atoms with Gasteiger partial charge in [0.1, 0.15) is 0 Å². The summed E-state index contributed by atoms with van der Waals surface area (Å²) in [5, 5.41) is 3.54. The molecule has 2 saturated carbocycles. The van der Waals surface area contributed by atoms with Crippen molar-refractivity contribution < 1.29 is 0 Å². The number of hydrogen-bond acceptors (Lipinski definition) is 1. The van der Waals surface area contributed by atoms with Crippen molar-refractivity contribution in [3.8, 4) is 0 Å². The van der Waals surface area contributed by atoms with Crippen molar-refractivity contribution in [1.29, 1.82) is 0 Å². The molecule has 0 radical (unpaired) electrons. The molecule has 2 aliphatic rings. The zero-order chi connectivity index (χ0) is 8.44. The van der Waals surface area contributed by atoms with Gasteiger partial charge in [0, 0.05) is 6.04 Å². The van der Waals surface area contributed by atoms with Gasteiger partial charge in [0.05, 0.1) is 0 Å². The first-order chi connectivity index (χ1) is 5.87. The molecule has 1 N–H and O–H groups in total. The zero-order valence-electron chi connectivity index (χ0n) is 8.23. The summed E-state index contributed by atoms with van der Waals surface area (Å²) in [5.74, 6) is 0. The van der Waals surface area contributed by atoms with Gasteiger partial charge >= 0.3 is 0 Å². The number of rotatable bonds is 1. The zero-order valence-corrected chi connectivity index (χ0v) is 8.23. The highest BCUT2D eigenvalue weighted by molar-refractivity contribution is 4.96. The second kappa shape index (κ2) is 3.37. The lowest BCUT2D eigenvalue weighted by molar-refractivity contribution is 0.137. The van der Waals surface area contributed by atoms with Gasteiger partial charge in [-0.3, -0.25) is 0 Å². The maximum atomic E-state index is 3.54. The van der Waals surface area contributed by atoms with E-state index in [1.807, 2.05) is 0 Å². The van der Waals surface area contributed by atoms with E-state index < -0.39 is 0 Å². The van der Waals surface area contributed by atoms with E-state index in [1.54, 1.807) is 0 Å². The minimum absolute atomic E-state index is 0.729. The molecule has 1 unspecified atom stereocenters. The molecule has 0 aromatic carbocycles. The summed E-state index contributed by atoms with van der Waals surface area (Å²) in [4.78, 5) is 0. The Hall–Kier alpha value is -0.0400. The van der Waals surface area contributed by atoms with Gasteiger partial charge in [-0.1, -0.05) is 25.7 Å². The van der Waals surface area contributed by atoms with Crippen LogP contribution in [0.15, 0.2) is 0 Å². The topological polar surface area (TPSA) is 12.0 Å². The minimum Gasteiger partial charge on any atom is -0.316 e. The molecule has 1 nitrogen and oxygen atoms in total. The van der Waals surface area contributed by atoms with Gasteiger partial charge in [-0.25, -0.2) is 0 Å². The minimum atomic E-state index is 0.729. The third kappa shape index (κ3) is 1.28. The van der Waals surface area contributed by atoms with Crippen LogP contribution in [0.25, 0.3) is 0 Å². The summed E-state index contributed by atoms with van der Waals surface area (Å²) in [6.45, 7) is 0. The Labute approximate surface area is 75.9 Å². The summed E-state index contributed by atoms with van der Waals surface area (Å²) < 4.78 is 0. The highest BCUT2D eigenvalue weighted by Crippen LogP contribution is 2.48. The van der Waals surface area contributed by atoms with E-state index in [9.17, 15) is 0 Å². The quantitative estimate of drug-likeness (QED) is 0.633. The Kier molecular flexibility index (Phi) is 2.40. The van der Waals surface area contributed by atoms with E-state index in [2.05, 4.69) is 12.4 Å². The molecule has 1 heteroatoms. The maximum absolute atomic E-state index is 3.54. The molecule has 0 heterocycles. The average Bonchev–Trinajstić information content (AvgIpc) is 2.55. The molecule has 70 valence electrons. The van der Waals surface area contributed by atoms with Crippen molar-refractivity contribution >= 4 is 0 Å². The van der Waals surface area contributed by atoms with Crippen LogP contribution in [0.3, 0.4) is 0 Å². The predicted octanol–water partition coefficient (Wildman–Crippen LogP) is 2.71. The summed E-state index contributed by atoms with van der Waals surface area (Å²) in [6.07, 6.45) is 11.8. The average molecular weight is 167 g/mol. The van der Waals surface area contributed by atoms with Crippen LogP contribution in [0.2, 0.25) is 0 Å². The van der Waals surface area contributed by atoms with Gasteiger partial charge in [0.25, 0.3) is 0 Å². The summed E-state index contributed by atoms with van der Waals surface area (Å²) in [7, 11) is 2.15. The Bertz CT molecular complexity index is 147. The second-order valence-electron chi connectivity index (χ2n) is 4.66. The largest absolute Gasteiger partial charge is 0.316 e. The molecule has 0 aromatic heterocycles. The lowest BCUT2D eigenvalue weighted by atomic mass is 9.69. The van der Waals surface area contributed by atoms with Crippen molar-refractivity contribution in [2.75, 3.05) is 7.05 Å². The molecule has 0 bridgehead atoms. The van der Waals surface area contributed by atoms with Gasteiger partial charge in [-0.2, -0.15) is 0 Å². The first-order valence-corrected chi connectivity index (χ1v) is 5.55. The Morgan fingerprint density at radius 3 is 2.17 bits per heavy atom. The lowest BCUT2D eigenvalue weighted by Gasteiger charge is -2.41. The van der Waals surface area contributed by atoms with Gasteiger partial charge in [-0.05, 0) is 38.1 Å². The van der Waals surface area contributed by atoms with Crippen LogP contribution in [0, 0.1) is 5.41 Å². The van der Waals surface area contributed by atoms with Crippen LogP contribution < -0.4 is 5.32 Å². The first-order valence-electron chi connectivity index (χ1n) is 5.55. The van der Waals surface area contributed by atoms with E-state index in [1.165, 1.54) is 51.4 Å². The molecule has 2 rings (SSSR count). The fraction of sp³-hybridized carbons (Fsp3) is 1.00. The van der Waals surface area contributed by atoms with Crippen molar-refractivity contribution in [1.82, 2.24) is 5.32 Å². The smallest absolute Gasteiger partial charge is 0.0120 e. The summed E-state index contributed by atoms with van der Waals surface area (Å²) >= 11 is 0. The van der Waals surface area contributed by atoms with Crippen LogP contribution in [0.1, 0.15) is 51.4 Å². The van der Waals surface area contributed by atoms with E-state index in [0.29, 0.717) is 0 Å². The Morgan fingerprint density at radius 1 is 1.00 bits per heavy atom. The van der Waals surface area contributed by atoms with E-state index in [0.717, 1.165) is 11.5 Å². The van der Waals surface area contributed by atoms with Crippen LogP contribution in [-0.4, -0.2) is 13.1 Å². The third-order valence-corrected chi connectivity index (χ3v) is 4.10. The van der Waals surface area contributed by atoms with E-state index in [4.69, 9.17) is 0 Å². The number of hydrogen-bond donors (Lipinski definition) is 1. The fourth-order valence-electron chi connectivity index (χ4n) is 3.43. The fourth-order valence-corrected chi connectivity index (χ4v) is 3.43. The van der Waals surface area contributed by atoms with E-state index >= 15 is 0 Å². The lowest BCUT2D eigenvalue weighted by Crippen LogP contribution is -2.44. The predicted molar refractivity (Wildman–Crippen MR) is 52.2 cm³/mol. The standard InChI is InChI=1S/C11H21N/c1-12-10-6-2-3-7-11(10)8-4-5-9-11/h10,12H,2-9H2,1H3. The molecule has 2 fully saturated rings. The molecular formula is C11H21N. The normalized spacial score (nSPS) is 34.2. The monoisotopic (exact) mass is 167 g/mol. The highest BCUT2D eigenvalue weighted by Gasteiger charge is 2.41. The van der Waals surface area contributed by atoms with Crippen LogP contribution >= 0.6 is 0 Å². The Morgan fingerprint density at radius 2 is 1.58 bits per heavy atom. The second-order valence-corrected chi connectivity index (χ2v) is 4.66. The van der Waals surface area contributed by atoms with Crippen LogP contribution in [0.5, 0.6) is 0 Å². The molecule has 1 atom stereocenters. The molecule has 0 amide bonds. The van der Waals surface area contributed by atoms with E-state index in [-0.39, 0.29) is 0 Å². The first kappa shape index (κ1) is 8.55. The van der Waals surface area contributed by atoms with Crippen LogP contribution in [-0.2, 0) is 0 Å². The van der Waals surface area contributed by atoms with Crippen molar-refractivity contribution in [3.63, 3.8) is 0 Å². The van der Waals surface area contributed by atoms with Gasteiger partial charge < -0.3 is 5.32 Å². The maximum Gasteiger partial charge on any atom is 0.0120 e. The molecule has 0 saturated heterocycles. The summed E-state index contributed by atoms with van der Waals surface area (Å²) in [6, 6.07) is 0.841. The molecule has 2 aliphatic carbocycles.